The van der Waals surface area contributed by atoms with E-state index in [4.69, 9.17) is 0 Å². The fraction of sp³-hybridized carbons (Fsp3) is 0.267. The third-order valence-electron chi connectivity index (χ3n) is 3.26. The fourth-order valence-electron chi connectivity index (χ4n) is 2.19. The highest BCUT2D eigenvalue weighted by Gasteiger charge is 2.12. The van der Waals surface area contributed by atoms with Gasteiger partial charge in [-0.15, -0.1) is 11.3 Å². The molecule has 0 aromatic carbocycles. The number of hydrogen-bond donors (Lipinski definition) is 1. The van der Waals surface area contributed by atoms with Crippen LogP contribution in [-0.2, 0) is 6.54 Å². The van der Waals surface area contributed by atoms with E-state index in [-0.39, 0.29) is 17.3 Å². The molecule has 0 fully saturated rings. The van der Waals surface area contributed by atoms with E-state index < -0.39 is 0 Å². The molecule has 0 unspecified atom stereocenters. The zero-order chi connectivity index (χ0) is 15.0. The summed E-state index contributed by atoms with van der Waals surface area (Å²) < 4.78 is 2.49. The van der Waals surface area contributed by atoms with E-state index >= 15 is 0 Å². The fourth-order valence-corrected chi connectivity index (χ4v) is 2.91. The minimum absolute atomic E-state index is 0.0269. The Labute approximate surface area is 125 Å². The molecule has 0 saturated carbocycles. The van der Waals surface area contributed by atoms with Gasteiger partial charge in [0.25, 0.3) is 5.56 Å². The second-order valence-electron chi connectivity index (χ2n) is 5.24. The van der Waals surface area contributed by atoms with Crippen molar-refractivity contribution in [3.8, 4) is 0 Å². The van der Waals surface area contributed by atoms with Gasteiger partial charge in [-0.2, -0.15) is 0 Å². The van der Waals surface area contributed by atoms with Gasteiger partial charge in [0.15, 0.2) is 5.78 Å². The molecule has 0 atom stereocenters. The maximum atomic E-state index is 11.9. The predicted molar refractivity (Wildman–Crippen MR) is 82.9 cm³/mol. The van der Waals surface area contributed by atoms with Crippen LogP contribution in [0.3, 0.4) is 0 Å². The van der Waals surface area contributed by atoms with Crippen LogP contribution in [0.5, 0.6) is 0 Å². The van der Waals surface area contributed by atoms with Crippen LogP contribution >= 0.6 is 11.3 Å². The monoisotopic (exact) mass is 301 g/mol. The third kappa shape index (κ3) is 2.67. The van der Waals surface area contributed by atoms with Crippen LogP contribution < -0.4 is 5.56 Å². The first kappa shape index (κ1) is 13.8. The number of Topliss-reactive ketones (excluding diaryl/α,β-unsaturated/α-hetero) is 1. The summed E-state index contributed by atoms with van der Waals surface area (Å²) in [6.45, 7) is 4.19. The highest BCUT2D eigenvalue weighted by Crippen LogP contribution is 2.14. The topological polar surface area (TPSA) is 67.8 Å². The van der Waals surface area contributed by atoms with Gasteiger partial charge in [-0.3, -0.25) is 9.59 Å². The molecular weight excluding hydrogens is 286 g/mol. The lowest BCUT2D eigenvalue weighted by atomic mass is 10.0. The van der Waals surface area contributed by atoms with Gasteiger partial charge in [-0.25, -0.2) is 4.98 Å². The third-order valence-corrected chi connectivity index (χ3v) is 4.16. The van der Waals surface area contributed by atoms with E-state index in [9.17, 15) is 9.59 Å². The summed E-state index contributed by atoms with van der Waals surface area (Å²) in [5, 5.41) is 1.85. The Kier molecular flexibility index (Phi) is 3.47. The highest BCUT2D eigenvalue weighted by atomic mass is 32.1. The lowest BCUT2D eigenvalue weighted by molar-refractivity contribution is 0.0939. The standard InChI is InChI=1S/C15H15N3O2S/c1-9(2)13(19)10-3-5-18(7-10)8-12-16-11-4-6-21-14(11)15(20)17-12/h3-7,9H,8H2,1-2H3,(H,16,17,20). The van der Waals surface area contributed by atoms with E-state index in [1.807, 2.05) is 36.1 Å². The van der Waals surface area contributed by atoms with E-state index in [0.717, 1.165) is 0 Å². The van der Waals surface area contributed by atoms with Crippen LogP contribution in [0.4, 0.5) is 0 Å². The summed E-state index contributed by atoms with van der Waals surface area (Å²) in [5.74, 6) is 0.675. The first-order valence-electron chi connectivity index (χ1n) is 6.71. The smallest absolute Gasteiger partial charge is 0.268 e. The van der Waals surface area contributed by atoms with Crippen LogP contribution in [0.1, 0.15) is 30.0 Å². The van der Waals surface area contributed by atoms with Crippen LogP contribution in [-0.4, -0.2) is 20.3 Å². The van der Waals surface area contributed by atoms with Gasteiger partial charge in [0.1, 0.15) is 10.5 Å². The number of aromatic amines is 1. The Morgan fingerprint density at radius 3 is 3.00 bits per heavy atom. The largest absolute Gasteiger partial charge is 0.346 e. The van der Waals surface area contributed by atoms with Crippen molar-refractivity contribution in [3.05, 3.63) is 51.6 Å². The molecule has 108 valence electrons. The summed E-state index contributed by atoms with van der Waals surface area (Å²) >= 11 is 1.38. The molecule has 5 nitrogen and oxygen atoms in total. The van der Waals surface area contributed by atoms with Crippen molar-refractivity contribution in [1.29, 1.82) is 0 Å². The van der Waals surface area contributed by atoms with Crippen molar-refractivity contribution in [2.24, 2.45) is 5.92 Å². The molecule has 3 aromatic heterocycles. The Hall–Kier alpha value is -2.21. The molecule has 0 amide bonds. The van der Waals surface area contributed by atoms with Crippen LogP contribution in [0, 0.1) is 5.92 Å². The summed E-state index contributed by atoms with van der Waals surface area (Å²) in [6.07, 6.45) is 3.62. The maximum Gasteiger partial charge on any atom is 0.268 e. The Morgan fingerprint density at radius 1 is 1.43 bits per heavy atom. The molecule has 0 radical (unpaired) electrons. The first-order chi connectivity index (χ1) is 10.0. The minimum Gasteiger partial charge on any atom is -0.346 e. The Balaban J connectivity index is 1.88. The summed E-state index contributed by atoms with van der Waals surface area (Å²) in [6, 6.07) is 3.63. The van der Waals surface area contributed by atoms with Gasteiger partial charge in [-0.1, -0.05) is 13.8 Å². The molecule has 0 bridgehead atoms. The van der Waals surface area contributed by atoms with Crippen LogP contribution in [0.25, 0.3) is 10.2 Å². The van der Waals surface area contributed by atoms with Crippen molar-refractivity contribution in [1.82, 2.24) is 14.5 Å². The van der Waals surface area contributed by atoms with Gasteiger partial charge in [-0.05, 0) is 17.5 Å². The summed E-state index contributed by atoms with van der Waals surface area (Å²) in [5.41, 5.74) is 1.28. The summed E-state index contributed by atoms with van der Waals surface area (Å²) in [4.78, 5) is 31.0. The van der Waals surface area contributed by atoms with Crippen molar-refractivity contribution < 1.29 is 4.79 Å². The average Bonchev–Trinajstić information content (AvgIpc) is 3.06. The molecule has 0 aliphatic rings. The Morgan fingerprint density at radius 2 is 2.24 bits per heavy atom. The van der Waals surface area contributed by atoms with E-state index in [1.165, 1.54) is 11.3 Å². The van der Waals surface area contributed by atoms with Gasteiger partial charge in [0, 0.05) is 23.9 Å². The van der Waals surface area contributed by atoms with Gasteiger partial charge in [0.2, 0.25) is 0 Å². The number of nitrogens with zero attached hydrogens (tertiary/aromatic N) is 2. The average molecular weight is 301 g/mol. The van der Waals surface area contributed by atoms with Gasteiger partial charge >= 0.3 is 0 Å². The Bertz CT molecular complexity index is 857. The number of fused-ring (bicyclic) bond motifs is 1. The van der Waals surface area contributed by atoms with Crippen molar-refractivity contribution in [2.75, 3.05) is 0 Å². The summed E-state index contributed by atoms with van der Waals surface area (Å²) in [7, 11) is 0. The maximum absolute atomic E-state index is 11.9. The van der Waals surface area contributed by atoms with E-state index in [1.54, 1.807) is 12.3 Å². The molecule has 3 heterocycles. The van der Waals surface area contributed by atoms with Crippen molar-refractivity contribution in [2.45, 2.75) is 20.4 Å². The number of hydrogen-bond acceptors (Lipinski definition) is 4. The second-order valence-corrected chi connectivity index (χ2v) is 6.16. The molecule has 0 spiro atoms. The molecule has 3 rings (SSSR count). The molecule has 21 heavy (non-hydrogen) atoms. The molecule has 0 saturated heterocycles. The second kappa shape index (κ2) is 5.29. The van der Waals surface area contributed by atoms with Crippen molar-refractivity contribution >= 4 is 27.3 Å². The number of thiophene rings is 1. The minimum atomic E-state index is -0.115. The number of aromatic nitrogens is 3. The normalized spacial score (nSPS) is 11.4. The number of carbonyl (C=O) groups excluding carboxylic acids is 1. The zero-order valence-electron chi connectivity index (χ0n) is 11.8. The number of nitrogens with one attached hydrogen (secondary N) is 1. The molecule has 1 N–H and O–H groups in total. The van der Waals surface area contributed by atoms with Gasteiger partial charge in [0.05, 0.1) is 12.1 Å². The molecule has 0 aliphatic carbocycles. The van der Waals surface area contributed by atoms with Crippen molar-refractivity contribution in [3.63, 3.8) is 0 Å². The lowest BCUT2D eigenvalue weighted by Crippen LogP contribution is -2.12. The molecular formula is C15H15N3O2S. The van der Waals surface area contributed by atoms with E-state index in [0.29, 0.717) is 28.1 Å². The SMILES string of the molecule is CC(C)C(=O)c1ccn(Cc2nc3ccsc3c(=O)[nH]2)c1. The molecule has 3 aromatic rings. The van der Waals surface area contributed by atoms with Crippen LogP contribution in [0.2, 0.25) is 0 Å². The predicted octanol–water partition coefficient (Wildman–Crippen LogP) is 2.67. The number of H-pyrrole nitrogens is 1. The van der Waals surface area contributed by atoms with E-state index in [2.05, 4.69) is 9.97 Å². The van der Waals surface area contributed by atoms with Crippen LogP contribution in [0.15, 0.2) is 34.7 Å². The molecule has 0 aliphatic heterocycles. The quantitative estimate of drug-likeness (QED) is 0.753. The number of carbonyl (C=O) groups is 1. The van der Waals surface area contributed by atoms with Gasteiger partial charge < -0.3 is 9.55 Å². The number of ketones is 1. The molecule has 6 heteroatoms. The highest BCUT2D eigenvalue weighted by molar-refractivity contribution is 7.17. The zero-order valence-corrected chi connectivity index (χ0v) is 12.6. The number of rotatable bonds is 4. The lowest BCUT2D eigenvalue weighted by Gasteiger charge is -2.03. The first-order valence-corrected chi connectivity index (χ1v) is 7.59.